The first-order valence-corrected chi connectivity index (χ1v) is 7.50. The average molecular weight is 295 g/mol. The van der Waals surface area contributed by atoms with Crippen LogP contribution < -0.4 is 4.90 Å². The van der Waals surface area contributed by atoms with Gasteiger partial charge in [-0.05, 0) is 51.3 Å². The van der Waals surface area contributed by atoms with Crippen LogP contribution in [0.5, 0.6) is 0 Å². The fourth-order valence-corrected chi connectivity index (χ4v) is 1.61. The Morgan fingerprint density at radius 2 is 1.71 bits per heavy atom. The number of anilines is 1. The number of nitrogens with zero attached hydrogens (tertiary/aromatic N) is 1. The monoisotopic (exact) mass is 295 g/mol. The molecule has 0 aromatic heterocycles. The molecule has 0 aliphatic heterocycles. The van der Waals surface area contributed by atoms with Crippen LogP contribution >= 0.6 is 0 Å². The molecule has 0 atom stereocenters. The number of carbonyl (C=O) groups is 1. The van der Waals surface area contributed by atoms with E-state index in [0.29, 0.717) is 0 Å². The van der Waals surface area contributed by atoms with Crippen LogP contribution in [0, 0.1) is 0 Å². The molecule has 0 fully saturated rings. The summed E-state index contributed by atoms with van der Waals surface area (Å²) in [5.74, 6) is 0. The molecule has 0 saturated heterocycles. The van der Waals surface area contributed by atoms with E-state index in [1.54, 1.807) is 7.05 Å². The van der Waals surface area contributed by atoms with Gasteiger partial charge < -0.3 is 9.84 Å². The van der Waals surface area contributed by atoms with E-state index in [0.717, 1.165) is 24.1 Å². The van der Waals surface area contributed by atoms with Gasteiger partial charge in [0, 0.05) is 19.3 Å². The first kappa shape index (κ1) is 19.4. The zero-order valence-corrected chi connectivity index (χ0v) is 14.1. The van der Waals surface area contributed by atoms with E-state index < -0.39 is 5.60 Å². The lowest BCUT2D eigenvalue weighted by atomic mass is 10.1. The molecule has 1 rings (SSSR count). The second-order valence-electron chi connectivity index (χ2n) is 5.53. The number of ether oxygens (including phenoxy) is 1. The Kier molecular flexibility index (Phi) is 8.70. The molecule has 1 N–H and O–H groups in total. The molecule has 0 aliphatic carbocycles. The first-order chi connectivity index (χ1) is 9.83. The number of aliphatic hydroxyl groups is 1. The smallest absolute Gasteiger partial charge is 0.414 e. The number of aryl methyl sites for hydroxylation is 1. The van der Waals surface area contributed by atoms with Gasteiger partial charge in [0.1, 0.15) is 5.60 Å². The van der Waals surface area contributed by atoms with E-state index >= 15 is 0 Å². The fourth-order valence-electron chi connectivity index (χ4n) is 1.61. The molecule has 0 radical (unpaired) electrons. The van der Waals surface area contributed by atoms with E-state index in [4.69, 9.17) is 9.84 Å². The lowest BCUT2D eigenvalue weighted by molar-refractivity contribution is 0.0589. The fraction of sp³-hybridized carbons (Fsp3) is 0.588. The summed E-state index contributed by atoms with van der Waals surface area (Å²) in [5.41, 5.74) is 1.45. The molecule has 120 valence electrons. The van der Waals surface area contributed by atoms with Crippen LogP contribution in [-0.2, 0) is 11.2 Å². The SMILES string of the molecule is CC.CN(C(=O)OC(C)(C)C)c1ccc(CCCO)cc1. The predicted molar refractivity (Wildman–Crippen MR) is 87.8 cm³/mol. The highest BCUT2D eigenvalue weighted by Gasteiger charge is 2.20. The predicted octanol–water partition coefficient (Wildman–Crippen LogP) is 4.01. The van der Waals surface area contributed by atoms with E-state index in [1.807, 2.05) is 58.9 Å². The summed E-state index contributed by atoms with van der Waals surface area (Å²) < 4.78 is 5.30. The topological polar surface area (TPSA) is 49.8 Å². The van der Waals surface area contributed by atoms with Crippen LogP contribution in [0.3, 0.4) is 0 Å². The van der Waals surface area contributed by atoms with Crippen molar-refractivity contribution in [3.05, 3.63) is 29.8 Å². The van der Waals surface area contributed by atoms with Gasteiger partial charge in [0.15, 0.2) is 0 Å². The quantitative estimate of drug-likeness (QED) is 0.913. The summed E-state index contributed by atoms with van der Waals surface area (Å²) in [6.07, 6.45) is 1.23. The van der Waals surface area contributed by atoms with Crippen molar-refractivity contribution in [3.63, 3.8) is 0 Å². The maximum atomic E-state index is 11.9. The molecule has 0 bridgehead atoms. The molecular formula is C17H29NO3. The normalized spacial score (nSPS) is 10.4. The zero-order chi connectivity index (χ0) is 16.5. The Balaban J connectivity index is 0.00000191. The summed E-state index contributed by atoms with van der Waals surface area (Å²) in [6.45, 7) is 9.73. The van der Waals surface area contributed by atoms with Crippen molar-refractivity contribution >= 4 is 11.8 Å². The molecule has 4 nitrogen and oxygen atoms in total. The Morgan fingerprint density at radius 3 is 2.14 bits per heavy atom. The lowest BCUT2D eigenvalue weighted by Crippen LogP contribution is -2.34. The number of hydrogen-bond donors (Lipinski definition) is 1. The number of aliphatic hydroxyl groups excluding tert-OH is 1. The van der Waals surface area contributed by atoms with Gasteiger partial charge in [-0.25, -0.2) is 4.79 Å². The van der Waals surface area contributed by atoms with Crippen molar-refractivity contribution in [2.24, 2.45) is 0 Å². The third kappa shape index (κ3) is 7.71. The molecule has 0 heterocycles. The van der Waals surface area contributed by atoms with Crippen molar-refractivity contribution in [2.45, 2.75) is 53.1 Å². The van der Waals surface area contributed by atoms with Crippen molar-refractivity contribution in [3.8, 4) is 0 Å². The highest BCUT2D eigenvalue weighted by Crippen LogP contribution is 2.18. The van der Waals surface area contributed by atoms with Gasteiger partial charge in [0.2, 0.25) is 0 Å². The Bertz CT molecular complexity index is 407. The highest BCUT2D eigenvalue weighted by atomic mass is 16.6. The minimum absolute atomic E-state index is 0.194. The summed E-state index contributed by atoms with van der Waals surface area (Å²) >= 11 is 0. The highest BCUT2D eigenvalue weighted by molar-refractivity contribution is 5.87. The van der Waals surface area contributed by atoms with E-state index in [2.05, 4.69) is 0 Å². The van der Waals surface area contributed by atoms with Gasteiger partial charge in [0.05, 0.1) is 0 Å². The van der Waals surface area contributed by atoms with Crippen molar-refractivity contribution < 1.29 is 14.6 Å². The Hall–Kier alpha value is -1.55. The lowest BCUT2D eigenvalue weighted by Gasteiger charge is -2.24. The maximum Gasteiger partial charge on any atom is 0.414 e. The van der Waals surface area contributed by atoms with Gasteiger partial charge in [-0.1, -0.05) is 26.0 Å². The third-order valence-electron chi connectivity index (χ3n) is 2.61. The van der Waals surface area contributed by atoms with Gasteiger partial charge >= 0.3 is 6.09 Å². The van der Waals surface area contributed by atoms with Gasteiger partial charge in [-0.3, -0.25) is 4.90 Å². The molecule has 1 aromatic carbocycles. The number of benzene rings is 1. The summed E-state index contributed by atoms with van der Waals surface area (Å²) in [5, 5.41) is 8.78. The van der Waals surface area contributed by atoms with Crippen LogP contribution in [0.1, 0.15) is 46.6 Å². The second kappa shape index (κ2) is 9.40. The average Bonchev–Trinajstić information content (AvgIpc) is 2.45. The van der Waals surface area contributed by atoms with Crippen molar-refractivity contribution in [2.75, 3.05) is 18.6 Å². The summed E-state index contributed by atoms with van der Waals surface area (Å²) in [7, 11) is 1.69. The number of carbonyl (C=O) groups excluding carboxylic acids is 1. The number of hydrogen-bond acceptors (Lipinski definition) is 3. The maximum absolute atomic E-state index is 11.9. The van der Waals surface area contributed by atoms with Crippen LogP contribution in [-0.4, -0.2) is 30.5 Å². The molecular weight excluding hydrogens is 266 g/mol. The minimum Gasteiger partial charge on any atom is -0.443 e. The van der Waals surface area contributed by atoms with Crippen LogP contribution in [0.2, 0.25) is 0 Å². The standard InChI is InChI=1S/C15H23NO3.C2H6/c1-15(2,3)19-14(18)16(4)13-9-7-12(8-10-13)6-5-11-17;1-2/h7-10,17H,5-6,11H2,1-4H3;1-2H3. The zero-order valence-electron chi connectivity index (χ0n) is 14.1. The van der Waals surface area contributed by atoms with Crippen LogP contribution in [0.15, 0.2) is 24.3 Å². The molecule has 21 heavy (non-hydrogen) atoms. The number of amides is 1. The van der Waals surface area contributed by atoms with E-state index in [-0.39, 0.29) is 12.7 Å². The molecule has 0 unspecified atom stereocenters. The van der Waals surface area contributed by atoms with E-state index in [9.17, 15) is 4.79 Å². The van der Waals surface area contributed by atoms with E-state index in [1.165, 1.54) is 4.90 Å². The summed E-state index contributed by atoms with van der Waals surface area (Å²) in [6, 6.07) is 7.70. The first-order valence-electron chi connectivity index (χ1n) is 7.50. The van der Waals surface area contributed by atoms with Crippen molar-refractivity contribution in [1.29, 1.82) is 0 Å². The minimum atomic E-state index is -0.494. The van der Waals surface area contributed by atoms with Gasteiger partial charge in [-0.15, -0.1) is 0 Å². The molecule has 1 amide bonds. The van der Waals surface area contributed by atoms with Crippen LogP contribution in [0.4, 0.5) is 10.5 Å². The van der Waals surface area contributed by atoms with Crippen molar-refractivity contribution in [1.82, 2.24) is 0 Å². The van der Waals surface area contributed by atoms with Gasteiger partial charge in [-0.2, -0.15) is 0 Å². The number of rotatable bonds is 4. The second-order valence-corrected chi connectivity index (χ2v) is 5.53. The molecule has 0 aliphatic rings. The molecule has 0 spiro atoms. The molecule has 0 saturated carbocycles. The Morgan fingerprint density at radius 1 is 1.19 bits per heavy atom. The molecule has 1 aromatic rings. The molecule has 4 heteroatoms. The summed E-state index contributed by atoms with van der Waals surface area (Å²) in [4.78, 5) is 13.4. The van der Waals surface area contributed by atoms with Gasteiger partial charge in [0.25, 0.3) is 0 Å². The largest absolute Gasteiger partial charge is 0.443 e. The van der Waals surface area contributed by atoms with Crippen LogP contribution in [0.25, 0.3) is 0 Å². The Labute approximate surface area is 128 Å². The third-order valence-corrected chi connectivity index (χ3v) is 2.61.